The Bertz CT molecular complexity index is 1360. The summed E-state index contributed by atoms with van der Waals surface area (Å²) in [5.41, 5.74) is 2.92. The van der Waals surface area contributed by atoms with E-state index in [0.717, 1.165) is 36.2 Å². The van der Waals surface area contributed by atoms with Crippen molar-refractivity contribution in [3.8, 4) is 25.7 Å². The number of pyridine rings is 1. The molecule has 10 nitrogen and oxygen atoms in total. The predicted octanol–water partition coefficient (Wildman–Crippen LogP) is 4.14. The lowest BCUT2D eigenvalue weighted by molar-refractivity contribution is -0.105. The van der Waals surface area contributed by atoms with Gasteiger partial charge in [-0.15, -0.1) is 30.8 Å². The van der Waals surface area contributed by atoms with Crippen molar-refractivity contribution in [1.82, 2.24) is 29.8 Å². The van der Waals surface area contributed by atoms with Gasteiger partial charge in [-0.3, -0.25) is 9.89 Å². The summed E-state index contributed by atoms with van der Waals surface area (Å²) < 4.78 is 14.0. The molecule has 38 heavy (non-hydrogen) atoms. The number of anilines is 4. The van der Waals surface area contributed by atoms with Crippen molar-refractivity contribution in [3.05, 3.63) is 54.4 Å². The first-order valence-corrected chi connectivity index (χ1v) is 12.0. The van der Waals surface area contributed by atoms with Crippen LogP contribution >= 0.6 is 0 Å². The molecule has 0 radical (unpaired) electrons. The zero-order valence-electron chi connectivity index (χ0n) is 21.1. The highest BCUT2D eigenvalue weighted by atomic mass is 19.1. The minimum Gasteiger partial charge on any atom is -0.340 e. The summed E-state index contributed by atoms with van der Waals surface area (Å²) in [6.07, 6.45) is 24.6. The lowest BCUT2D eigenvalue weighted by Gasteiger charge is -2.16. The summed E-state index contributed by atoms with van der Waals surface area (Å²) in [6.45, 7) is 4.32. The van der Waals surface area contributed by atoms with Crippen LogP contribution in [0.15, 0.2) is 42.7 Å². The summed E-state index contributed by atoms with van der Waals surface area (Å²) >= 11 is 0. The van der Waals surface area contributed by atoms with E-state index in [1.54, 1.807) is 0 Å². The van der Waals surface area contributed by atoms with Crippen molar-refractivity contribution in [3.63, 3.8) is 0 Å². The normalized spacial score (nSPS) is 14.5. The van der Waals surface area contributed by atoms with Crippen molar-refractivity contribution in [2.75, 3.05) is 28.6 Å². The Kier molecular flexibility index (Phi) is 9.38. The average Bonchev–Trinajstić information content (AvgIpc) is 3.43. The second-order valence-corrected chi connectivity index (χ2v) is 8.78. The Morgan fingerprint density at radius 2 is 1.87 bits per heavy atom. The fourth-order valence-electron chi connectivity index (χ4n) is 3.87. The topological polar surface area (TPSA) is 116 Å². The third-order valence-corrected chi connectivity index (χ3v) is 6.20. The van der Waals surface area contributed by atoms with Crippen molar-refractivity contribution >= 4 is 35.2 Å². The highest BCUT2D eigenvalue weighted by Gasteiger charge is 2.40. The molecule has 2 fully saturated rings. The molecule has 0 atom stereocenters. The number of carbonyl (C=O) groups excluding carboxylic acids is 1. The predicted molar refractivity (Wildman–Crippen MR) is 147 cm³/mol. The molecule has 4 aromatic heterocycles. The van der Waals surface area contributed by atoms with Gasteiger partial charge in [0.25, 0.3) is 0 Å². The van der Waals surface area contributed by atoms with Crippen LogP contribution in [-0.2, 0) is 10.2 Å². The molecule has 0 aromatic carbocycles. The maximum Gasteiger partial charge on any atom is 0.245 e. The number of fused-ring (bicyclic) bond motifs is 1. The molecule has 1 saturated heterocycles. The van der Waals surface area contributed by atoms with Crippen LogP contribution in [0.25, 0.3) is 5.52 Å². The monoisotopic (exact) mass is 515 g/mol. The molecule has 1 aliphatic heterocycles. The highest BCUT2D eigenvalue weighted by Crippen LogP contribution is 2.47. The molecule has 4 aromatic rings. The van der Waals surface area contributed by atoms with Crippen LogP contribution in [0.2, 0.25) is 0 Å². The van der Waals surface area contributed by atoms with E-state index in [1.165, 1.54) is 49.7 Å². The zero-order chi connectivity index (χ0) is 27.5. The van der Waals surface area contributed by atoms with Gasteiger partial charge in [-0.2, -0.15) is 14.5 Å². The Hall–Kier alpha value is -4.90. The standard InChI is InChI=1S/C17H21N7.C6H5FN2O.2C2H2/c1-17(6-7-17)13-11-14(21-20-13)18-15-12-5-4-10-24(12)22-16(19-15)23-8-2-3-9-23;7-6-2-1-5(3-8-6)9-4-10;2*1-2/h4-5,10-11H,2-3,6-9H2,1H3,(H2,18,19,20,21,22);1-4H,(H,9,10);2*1-2H. The van der Waals surface area contributed by atoms with Gasteiger partial charge in [-0.25, -0.2) is 9.50 Å². The molecule has 1 aliphatic carbocycles. The summed E-state index contributed by atoms with van der Waals surface area (Å²) in [4.78, 5) is 20.1. The van der Waals surface area contributed by atoms with Gasteiger partial charge in [0.05, 0.1) is 11.9 Å². The van der Waals surface area contributed by atoms with Crippen LogP contribution < -0.4 is 15.5 Å². The van der Waals surface area contributed by atoms with E-state index in [9.17, 15) is 9.18 Å². The van der Waals surface area contributed by atoms with E-state index in [1.807, 2.05) is 22.8 Å². The molecule has 11 heteroatoms. The molecule has 0 spiro atoms. The summed E-state index contributed by atoms with van der Waals surface area (Å²) in [7, 11) is 0. The Labute approximate surface area is 221 Å². The number of hydrogen-bond acceptors (Lipinski definition) is 7. The number of nitrogens with zero attached hydrogens (tertiary/aromatic N) is 6. The van der Waals surface area contributed by atoms with Crippen LogP contribution in [0.5, 0.6) is 0 Å². The number of carbonyl (C=O) groups is 1. The Morgan fingerprint density at radius 3 is 2.50 bits per heavy atom. The molecule has 0 unspecified atom stereocenters. The lowest BCUT2D eigenvalue weighted by Crippen LogP contribution is -2.22. The van der Waals surface area contributed by atoms with Crippen molar-refractivity contribution in [2.45, 2.75) is 38.0 Å². The first-order valence-electron chi connectivity index (χ1n) is 12.0. The first kappa shape index (κ1) is 27.7. The van der Waals surface area contributed by atoms with Gasteiger partial charge in [-0.1, -0.05) is 6.92 Å². The SMILES string of the molecule is C#C.C#C.CC1(c2cc(Nc3nc(N4CCCC4)nn4cccc34)n[nH]2)CC1.O=CNc1ccc(F)nc1. The van der Waals surface area contributed by atoms with E-state index in [4.69, 9.17) is 4.98 Å². The number of aromatic amines is 1. The van der Waals surface area contributed by atoms with Gasteiger partial charge < -0.3 is 15.5 Å². The number of amides is 1. The number of rotatable bonds is 6. The van der Waals surface area contributed by atoms with Crippen molar-refractivity contribution in [1.29, 1.82) is 0 Å². The number of aromatic nitrogens is 6. The number of hydrogen-bond donors (Lipinski definition) is 3. The molecule has 2 aliphatic rings. The Balaban J connectivity index is 0.000000241. The maximum absolute atomic E-state index is 12.1. The second kappa shape index (κ2) is 12.9. The second-order valence-electron chi connectivity index (χ2n) is 8.78. The van der Waals surface area contributed by atoms with Crippen molar-refractivity contribution in [2.24, 2.45) is 0 Å². The van der Waals surface area contributed by atoms with E-state index >= 15 is 0 Å². The first-order chi connectivity index (χ1) is 18.5. The van der Waals surface area contributed by atoms with E-state index in [0.29, 0.717) is 12.1 Å². The third kappa shape index (κ3) is 6.65. The van der Waals surface area contributed by atoms with Gasteiger partial charge in [0.15, 0.2) is 11.6 Å². The molecule has 3 N–H and O–H groups in total. The molecule has 0 bridgehead atoms. The number of halogens is 1. The smallest absolute Gasteiger partial charge is 0.245 e. The molecule has 1 amide bonds. The van der Waals surface area contributed by atoms with Crippen molar-refractivity contribution < 1.29 is 9.18 Å². The Morgan fingerprint density at radius 1 is 1.13 bits per heavy atom. The molecular formula is C27H30FN9O. The molecule has 196 valence electrons. The van der Waals surface area contributed by atoms with Gasteiger partial charge in [0, 0.05) is 36.5 Å². The molecular weight excluding hydrogens is 485 g/mol. The number of nitrogens with one attached hydrogen (secondary N) is 3. The third-order valence-electron chi connectivity index (χ3n) is 6.20. The van der Waals surface area contributed by atoms with Gasteiger partial charge in [-0.05, 0) is 49.9 Å². The zero-order valence-corrected chi connectivity index (χ0v) is 21.1. The largest absolute Gasteiger partial charge is 0.340 e. The fourth-order valence-corrected chi connectivity index (χ4v) is 3.87. The quantitative estimate of drug-likeness (QED) is 0.201. The van der Waals surface area contributed by atoms with Crippen LogP contribution in [0.3, 0.4) is 0 Å². The number of terminal acetylenes is 2. The summed E-state index contributed by atoms with van der Waals surface area (Å²) in [5, 5.41) is 17.9. The van der Waals surface area contributed by atoms with E-state index in [2.05, 4.69) is 74.5 Å². The van der Waals surface area contributed by atoms with Crippen LogP contribution in [0.4, 0.5) is 27.7 Å². The van der Waals surface area contributed by atoms with Gasteiger partial charge >= 0.3 is 0 Å². The minimum absolute atomic E-state index is 0.281. The van der Waals surface area contributed by atoms with Gasteiger partial charge in [0.2, 0.25) is 18.3 Å². The highest BCUT2D eigenvalue weighted by molar-refractivity contribution is 5.73. The van der Waals surface area contributed by atoms with Gasteiger partial charge in [0.1, 0.15) is 5.52 Å². The fraction of sp³-hybridized carbons (Fsp3) is 0.296. The summed E-state index contributed by atoms with van der Waals surface area (Å²) in [5.74, 6) is 1.84. The van der Waals surface area contributed by atoms with E-state index < -0.39 is 5.95 Å². The molecule has 6 rings (SSSR count). The summed E-state index contributed by atoms with van der Waals surface area (Å²) in [6, 6.07) is 8.71. The minimum atomic E-state index is -0.559. The lowest BCUT2D eigenvalue weighted by atomic mass is 10.1. The molecule has 5 heterocycles. The van der Waals surface area contributed by atoms with E-state index in [-0.39, 0.29) is 5.41 Å². The number of H-pyrrole nitrogens is 1. The average molecular weight is 516 g/mol. The van der Waals surface area contributed by atoms with Crippen LogP contribution in [0.1, 0.15) is 38.3 Å². The van der Waals surface area contributed by atoms with Crippen LogP contribution in [0, 0.1) is 31.6 Å². The maximum atomic E-state index is 12.1. The molecule has 1 saturated carbocycles. The van der Waals surface area contributed by atoms with Crippen LogP contribution in [-0.4, -0.2) is 49.3 Å².